The Labute approximate surface area is 112 Å². The minimum atomic E-state index is 0.0772. The quantitative estimate of drug-likeness (QED) is 0.826. The molecule has 0 spiro atoms. The van der Waals surface area contributed by atoms with Gasteiger partial charge in [0.15, 0.2) is 5.82 Å². The van der Waals surface area contributed by atoms with Crippen LogP contribution in [-0.4, -0.2) is 38.0 Å². The second-order valence-electron chi connectivity index (χ2n) is 4.49. The van der Waals surface area contributed by atoms with Crippen LogP contribution in [0.4, 0.5) is 5.82 Å². The minimum absolute atomic E-state index is 0.0772. The van der Waals surface area contributed by atoms with Gasteiger partial charge in [0.1, 0.15) is 16.9 Å². The van der Waals surface area contributed by atoms with E-state index in [0.29, 0.717) is 6.54 Å². The SMILES string of the molecule is CCCc1nc(NCCO)c2c(n1)c(C)nn2CC. The zero-order valence-corrected chi connectivity index (χ0v) is 11.8. The van der Waals surface area contributed by atoms with Gasteiger partial charge in [0.25, 0.3) is 0 Å². The minimum Gasteiger partial charge on any atom is -0.395 e. The number of aryl methyl sites for hydroxylation is 3. The summed E-state index contributed by atoms with van der Waals surface area (Å²) in [7, 11) is 0. The predicted molar refractivity (Wildman–Crippen MR) is 75.3 cm³/mol. The number of aliphatic hydroxyl groups excluding tert-OH is 1. The first-order valence-electron chi connectivity index (χ1n) is 6.80. The van der Waals surface area contributed by atoms with Crippen LogP contribution in [0.25, 0.3) is 11.0 Å². The Bertz CT molecular complexity index is 564. The molecule has 2 aromatic rings. The normalized spacial score (nSPS) is 11.2. The second-order valence-corrected chi connectivity index (χ2v) is 4.49. The summed E-state index contributed by atoms with van der Waals surface area (Å²) in [5.41, 5.74) is 2.75. The monoisotopic (exact) mass is 263 g/mol. The van der Waals surface area contributed by atoms with Crippen LogP contribution in [0, 0.1) is 6.92 Å². The molecule has 19 heavy (non-hydrogen) atoms. The fourth-order valence-electron chi connectivity index (χ4n) is 2.14. The maximum atomic E-state index is 8.98. The van der Waals surface area contributed by atoms with E-state index in [1.165, 1.54) is 0 Å². The fraction of sp³-hybridized carbons (Fsp3) is 0.615. The van der Waals surface area contributed by atoms with E-state index in [2.05, 4.69) is 27.3 Å². The van der Waals surface area contributed by atoms with E-state index < -0.39 is 0 Å². The lowest BCUT2D eigenvalue weighted by molar-refractivity contribution is 0.311. The first kappa shape index (κ1) is 13.7. The molecule has 2 rings (SSSR count). The molecule has 0 bridgehead atoms. The van der Waals surface area contributed by atoms with Crippen LogP contribution in [0.2, 0.25) is 0 Å². The Morgan fingerprint density at radius 1 is 1.26 bits per heavy atom. The highest BCUT2D eigenvalue weighted by atomic mass is 16.3. The molecule has 0 saturated heterocycles. The van der Waals surface area contributed by atoms with Crippen LogP contribution in [-0.2, 0) is 13.0 Å². The summed E-state index contributed by atoms with van der Waals surface area (Å²) in [6.45, 7) is 7.44. The summed E-state index contributed by atoms with van der Waals surface area (Å²) in [6, 6.07) is 0. The van der Waals surface area contributed by atoms with E-state index >= 15 is 0 Å². The first-order chi connectivity index (χ1) is 9.21. The summed E-state index contributed by atoms with van der Waals surface area (Å²) in [5, 5.41) is 16.6. The summed E-state index contributed by atoms with van der Waals surface area (Å²) in [5.74, 6) is 1.60. The van der Waals surface area contributed by atoms with Crippen molar-refractivity contribution in [3.63, 3.8) is 0 Å². The van der Waals surface area contributed by atoms with Gasteiger partial charge in [-0.1, -0.05) is 6.92 Å². The third-order valence-electron chi connectivity index (χ3n) is 2.98. The maximum Gasteiger partial charge on any atom is 0.156 e. The zero-order chi connectivity index (χ0) is 13.8. The van der Waals surface area contributed by atoms with Crippen molar-refractivity contribution in [2.75, 3.05) is 18.5 Å². The van der Waals surface area contributed by atoms with Crippen LogP contribution in [0.1, 0.15) is 31.8 Å². The number of hydrogen-bond acceptors (Lipinski definition) is 5. The number of nitrogens with one attached hydrogen (secondary N) is 1. The number of rotatable bonds is 6. The predicted octanol–water partition coefficient (Wildman–Crippen LogP) is 1.51. The van der Waals surface area contributed by atoms with Crippen molar-refractivity contribution in [1.82, 2.24) is 19.7 Å². The molecule has 0 fully saturated rings. The molecule has 0 atom stereocenters. The summed E-state index contributed by atoms with van der Waals surface area (Å²) in [4.78, 5) is 9.16. The maximum absolute atomic E-state index is 8.98. The van der Waals surface area contributed by atoms with Crippen molar-refractivity contribution in [2.45, 2.75) is 40.2 Å². The number of hydrogen-bond donors (Lipinski definition) is 2. The molecule has 0 saturated carbocycles. The van der Waals surface area contributed by atoms with Crippen LogP contribution >= 0.6 is 0 Å². The zero-order valence-electron chi connectivity index (χ0n) is 11.8. The average Bonchev–Trinajstić information content (AvgIpc) is 2.73. The van der Waals surface area contributed by atoms with Crippen LogP contribution in [0.3, 0.4) is 0 Å². The highest BCUT2D eigenvalue weighted by Crippen LogP contribution is 2.23. The molecule has 0 aliphatic heterocycles. The van der Waals surface area contributed by atoms with E-state index in [-0.39, 0.29) is 6.61 Å². The number of aliphatic hydroxyl groups is 1. The van der Waals surface area contributed by atoms with Crippen molar-refractivity contribution in [2.24, 2.45) is 0 Å². The molecule has 0 amide bonds. The average molecular weight is 263 g/mol. The molecule has 6 heteroatoms. The van der Waals surface area contributed by atoms with Crippen molar-refractivity contribution >= 4 is 16.9 Å². The highest BCUT2D eigenvalue weighted by molar-refractivity contribution is 5.87. The van der Waals surface area contributed by atoms with E-state index in [0.717, 1.165) is 47.8 Å². The molecular formula is C13H21N5O. The van der Waals surface area contributed by atoms with Gasteiger partial charge in [0, 0.05) is 19.5 Å². The van der Waals surface area contributed by atoms with E-state index in [4.69, 9.17) is 5.11 Å². The number of nitrogens with zero attached hydrogens (tertiary/aromatic N) is 4. The van der Waals surface area contributed by atoms with E-state index in [1.54, 1.807) is 0 Å². The topological polar surface area (TPSA) is 75.9 Å². The number of aromatic nitrogens is 4. The summed E-state index contributed by atoms with van der Waals surface area (Å²) in [6.07, 6.45) is 1.85. The molecule has 2 N–H and O–H groups in total. The molecule has 0 aromatic carbocycles. The Balaban J connectivity index is 2.58. The Kier molecular flexibility index (Phi) is 4.31. The van der Waals surface area contributed by atoms with E-state index in [9.17, 15) is 0 Å². The largest absolute Gasteiger partial charge is 0.395 e. The Morgan fingerprint density at radius 2 is 2.05 bits per heavy atom. The molecule has 104 valence electrons. The van der Waals surface area contributed by atoms with Crippen molar-refractivity contribution in [3.05, 3.63) is 11.5 Å². The van der Waals surface area contributed by atoms with Gasteiger partial charge in [-0.25, -0.2) is 9.97 Å². The molecule has 6 nitrogen and oxygen atoms in total. The van der Waals surface area contributed by atoms with Gasteiger partial charge >= 0.3 is 0 Å². The third-order valence-corrected chi connectivity index (χ3v) is 2.98. The van der Waals surface area contributed by atoms with Crippen LogP contribution in [0.15, 0.2) is 0 Å². The fourth-order valence-corrected chi connectivity index (χ4v) is 2.14. The molecule has 0 radical (unpaired) electrons. The van der Waals surface area contributed by atoms with Gasteiger partial charge in [-0.2, -0.15) is 5.10 Å². The molecule has 0 aliphatic rings. The van der Waals surface area contributed by atoms with Crippen molar-refractivity contribution in [1.29, 1.82) is 0 Å². The van der Waals surface area contributed by atoms with Gasteiger partial charge in [-0.3, -0.25) is 4.68 Å². The van der Waals surface area contributed by atoms with Crippen LogP contribution < -0.4 is 5.32 Å². The standard InChI is InChI=1S/C13H21N5O/c1-4-6-10-15-11-9(3)17-18(5-2)12(11)13(16-10)14-7-8-19/h19H,4-8H2,1-3H3,(H,14,15,16). The second kappa shape index (κ2) is 5.97. The molecule has 2 heterocycles. The van der Waals surface area contributed by atoms with Gasteiger partial charge in [0.05, 0.1) is 12.3 Å². The first-order valence-corrected chi connectivity index (χ1v) is 6.80. The molecule has 2 aromatic heterocycles. The van der Waals surface area contributed by atoms with Crippen LogP contribution in [0.5, 0.6) is 0 Å². The van der Waals surface area contributed by atoms with Gasteiger partial charge in [-0.15, -0.1) is 0 Å². The lowest BCUT2D eigenvalue weighted by atomic mass is 10.3. The molecule has 0 unspecified atom stereocenters. The highest BCUT2D eigenvalue weighted by Gasteiger charge is 2.15. The van der Waals surface area contributed by atoms with Gasteiger partial charge < -0.3 is 10.4 Å². The molecular weight excluding hydrogens is 242 g/mol. The Hall–Kier alpha value is -1.69. The van der Waals surface area contributed by atoms with Crippen molar-refractivity contribution in [3.8, 4) is 0 Å². The smallest absolute Gasteiger partial charge is 0.156 e. The molecule has 0 aliphatic carbocycles. The van der Waals surface area contributed by atoms with E-state index in [1.807, 2.05) is 18.5 Å². The third kappa shape index (κ3) is 2.68. The van der Waals surface area contributed by atoms with Crippen molar-refractivity contribution < 1.29 is 5.11 Å². The lowest BCUT2D eigenvalue weighted by Gasteiger charge is -2.09. The van der Waals surface area contributed by atoms with Gasteiger partial charge in [-0.05, 0) is 20.3 Å². The Morgan fingerprint density at radius 3 is 2.68 bits per heavy atom. The lowest BCUT2D eigenvalue weighted by Crippen LogP contribution is -2.11. The number of anilines is 1. The number of fused-ring (bicyclic) bond motifs is 1. The summed E-state index contributed by atoms with van der Waals surface area (Å²) < 4.78 is 1.90. The summed E-state index contributed by atoms with van der Waals surface area (Å²) >= 11 is 0. The van der Waals surface area contributed by atoms with Gasteiger partial charge in [0.2, 0.25) is 0 Å².